The van der Waals surface area contributed by atoms with E-state index in [0.717, 1.165) is 24.7 Å². The Labute approximate surface area is 112 Å². The molecule has 0 aromatic carbocycles. The van der Waals surface area contributed by atoms with E-state index in [0.29, 0.717) is 5.95 Å². The third kappa shape index (κ3) is 4.09. The average molecular weight is 258 g/mol. The van der Waals surface area contributed by atoms with E-state index in [9.17, 15) is 0 Å². The normalized spacial score (nSPS) is 10.0. The monoisotopic (exact) mass is 258 g/mol. The molecule has 0 amide bonds. The van der Waals surface area contributed by atoms with Gasteiger partial charge >= 0.3 is 0 Å². The highest BCUT2D eigenvalue weighted by Crippen LogP contribution is 2.05. The van der Waals surface area contributed by atoms with Crippen LogP contribution in [0, 0.1) is 6.92 Å². The summed E-state index contributed by atoms with van der Waals surface area (Å²) in [7, 11) is 1.83. The van der Waals surface area contributed by atoms with Crippen molar-refractivity contribution in [3.8, 4) is 0 Å². The maximum Gasteiger partial charge on any atom is 0.224 e. The minimum atomic E-state index is 0.617. The van der Waals surface area contributed by atoms with Crippen molar-refractivity contribution in [1.82, 2.24) is 15.0 Å². The molecule has 0 aliphatic rings. The second-order valence-electron chi connectivity index (χ2n) is 4.09. The molecule has 2 aromatic rings. The molecule has 19 heavy (non-hydrogen) atoms. The van der Waals surface area contributed by atoms with Crippen LogP contribution in [0.3, 0.4) is 0 Å². The Bertz CT molecular complexity index is 528. The molecular weight excluding hydrogens is 240 g/mol. The minimum absolute atomic E-state index is 0.617. The number of aromatic nitrogens is 3. The Morgan fingerprint density at radius 1 is 1.00 bits per heavy atom. The van der Waals surface area contributed by atoms with Crippen molar-refractivity contribution in [2.45, 2.75) is 6.92 Å². The number of hydrogen-bond acceptors (Lipinski definition) is 6. The van der Waals surface area contributed by atoms with Gasteiger partial charge in [0.25, 0.3) is 0 Å². The van der Waals surface area contributed by atoms with Gasteiger partial charge in [0.05, 0.1) is 0 Å². The fourth-order valence-electron chi connectivity index (χ4n) is 1.58. The van der Waals surface area contributed by atoms with Gasteiger partial charge in [-0.05, 0) is 30.7 Å². The fraction of sp³-hybridized carbons (Fsp3) is 0.308. The Kier molecular flexibility index (Phi) is 4.49. The zero-order chi connectivity index (χ0) is 13.5. The van der Waals surface area contributed by atoms with Crippen molar-refractivity contribution in [3.63, 3.8) is 0 Å². The van der Waals surface area contributed by atoms with Gasteiger partial charge in [0.1, 0.15) is 11.6 Å². The van der Waals surface area contributed by atoms with Gasteiger partial charge < -0.3 is 16.0 Å². The van der Waals surface area contributed by atoms with Crippen LogP contribution >= 0.6 is 0 Å². The van der Waals surface area contributed by atoms with E-state index in [-0.39, 0.29) is 0 Å². The molecule has 0 saturated heterocycles. The van der Waals surface area contributed by atoms with E-state index in [2.05, 4.69) is 30.9 Å². The van der Waals surface area contributed by atoms with Crippen molar-refractivity contribution in [3.05, 3.63) is 36.2 Å². The predicted octanol–water partition coefficient (Wildman–Crippen LogP) is 1.75. The summed E-state index contributed by atoms with van der Waals surface area (Å²) in [4.78, 5) is 12.6. The third-order valence-corrected chi connectivity index (χ3v) is 2.54. The average Bonchev–Trinajstić information content (AvgIpc) is 2.44. The SMILES string of the molecule is CNc1ccnc(NCCNc2cc(C)ccn2)n1. The van der Waals surface area contributed by atoms with Crippen molar-refractivity contribution in [1.29, 1.82) is 0 Å². The first kappa shape index (κ1) is 13.1. The molecule has 0 spiro atoms. The predicted molar refractivity (Wildman–Crippen MR) is 77.5 cm³/mol. The summed E-state index contributed by atoms with van der Waals surface area (Å²) in [5.41, 5.74) is 1.19. The van der Waals surface area contributed by atoms with Crippen LogP contribution in [0.5, 0.6) is 0 Å². The zero-order valence-corrected chi connectivity index (χ0v) is 11.1. The summed E-state index contributed by atoms with van der Waals surface area (Å²) in [5, 5.41) is 9.36. The lowest BCUT2D eigenvalue weighted by Gasteiger charge is -2.08. The molecule has 0 aliphatic heterocycles. The molecule has 2 rings (SSSR count). The standard InChI is InChI=1S/C13H18N6/c1-10-3-5-15-12(9-10)16-7-8-18-13-17-6-4-11(14-2)19-13/h3-6,9H,7-8H2,1-2H3,(H,15,16)(H2,14,17,18,19). The summed E-state index contributed by atoms with van der Waals surface area (Å²) in [6, 6.07) is 5.80. The third-order valence-electron chi connectivity index (χ3n) is 2.54. The van der Waals surface area contributed by atoms with Gasteiger partial charge in [-0.25, -0.2) is 9.97 Å². The van der Waals surface area contributed by atoms with Crippen LogP contribution in [-0.4, -0.2) is 35.1 Å². The molecule has 3 N–H and O–H groups in total. The van der Waals surface area contributed by atoms with Crippen LogP contribution in [0.4, 0.5) is 17.6 Å². The lowest BCUT2D eigenvalue weighted by atomic mass is 10.3. The number of nitrogens with zero attached hydrogens (tertiary/aromatic N) is 3. The molecule has 2 aromatic heterocycles. The molecule has 0 radical (unpaired) electrons. The second-order valence-corrected chi connectivity index (χ2v) is 4.09. The number of pyridine rings is 1. The molecule has 0 unspecified atom stereocenters. The molecule has 0 fully saturated rings. The Balaban J connectivity index is 1.77. The molecule has 6 nitrogen and oxygen atoms in total. The first-order chi connectivity index (χ1) is 9.28. The van der Waals surface area contributed by atoms with E-state index in [1.807, 2.05) is 32.2 Å². The molecule has 0 atom stereocenters. The van der Waals surface area contributed by atoms with E-state index >= 15 is 0 Å². The lowest BCUT2D eigenvalue weighted by molar-refractivity contribution is 1.02. The topological polar surface area (TPSA) is 74.8 Å². The Hall–Kier alpha value is -2.37. The zero-order valence-electron chi connectivity index (χ0n) is 11.1. The van der Waals surface area contributed by atoms with Crippen molar-refractivity contribution in [2.75, 3.05) is 36.1 Å². The van der Waals surface area contributed by atoms with Gasteiger partial charge in [-0.2, -0.15) is 4.98 Å². The van der Waals surface area contributed by atoms with E-state index in [4.69, 9.17) is 0 Å². The molecular formula is C13H18N6. The highest BCUT2D eigenvalue weighted by atomic mass is 15.1. The van der Waals surface area contributed by atoms with Crippen LogP contribution < -0.4 is 16.0 Å². The van der Waals surface area contributed by atoms with E-state index < -0.39 is 0 Å². The summed E-state index contributed by atoms with van der Waals surface area (Å²) < 4.78 is 0. The molecule has 0 aliphatic carbocycles. The van der Waals surface area contributed by atoms with Gasteiger partial charge in [0, 0.05) is 32.5 Å². The summed E-state index contributed by atoms with van der Waals surface area (Å²) >= 11 is 0. The van der Waals surface area contributed by atoms with Crippen LogP contribution in [0.1, 0.15) is 5.56 Å². The fourth-order valence-corrected chi connectivity index (χ4v) is 1.58. The van der Waals surface area contributed by atoms with Crippen molar-refractivity contribution < 1.29 is 0 Å². The van der Waals surface area contributed by atoms with Gasteiger partial charge in [-0.1, -0.05) is 0 Å². The second kappa shape index (κ2) is 6.53. The number of rotatable bonds is 6. The number of aryl methyl sites for hydroxylation is 1. The van der Waals surface area contributed by atoms with E-state index in [1.165, 1.54) is 5.56 Å². The van der Waals surface area contributed by atoms with Crippen LogP contribution in [0.15, 0.2) is 30.6 Å². The Morgan fingerprint density at radius 2 is 1.79 bits per heavy atom. The van der Waals surface area contributed by atoms with Crippen LogP contribution in [0.2, 0.25) is 0 Å². The molecule has 0 bridgehead atoms. The van der Waals surface area contributed by atoms with Crippen LogP contribution in [0.25, 0.3) is 0 Å². The van der Waals surface area contributed by atoms with Gasteiger partial charge in [-0.15, -0.1) is 0 Å². The largest absolute Gasteiger partial charge is 0.373 e. The minimum Gasteiger partial charge on any atom is -0.373 e. The van der Waals surface area contributed by atoms with Crippen LogP contribution in [-0.2, 0) is 0 Å². The molecule has 100 valence electrons. The van der Waals surface area contributed by atoms with E-state index in [1.54, 1.807) is 12.4 Å². The Morgan fingerprint density at radius 3 is 2.58 bits per heavy atom. The lowest BCUT2D eigenvalue weighted by Crippen LogP contribution is -2.15. The van der Waals surface area contributed by atoms with Crippen molar-refractivity contribution in [2.24, 2.45) is 0 Å². The molecule has 0 saturated carbocycles. The maximum atomic E-state index is 4.27. The van der Waals surface area contributed by atoms with Gasteiger partial charge in [0.2, 0.25) is 5.95 Å². The first-order valence-corrected chi connectivity index (χ1v) is 6.19. The summed E-state index contributed by atoms with van der Waals surface area (Å²) in [6.45, 7) is 3.52. The number of hydrogen-bond donors (Lipinski definition) is 3. The summed E-state index contributed by atoms with van der Waals surface area (Å²) in [5.74, 6) is 2.29. The van der Waals surface area contributed by atoms with Gasteiger partial charge in [-0.3, -0.25) is 0 Å². The summed E-state index contributed by atoms with van der Waals surface area (Å²) in [6.07, 6.45) is 3.52. The van der Waals surface area contributed by atoms with Crippen molar-refractivity contribution >= 4 is 17.6 Å². The smallest absolute Gasteiger partial charge is 0.224 e. The number of nitrogens with one attached hydrogen (secondary N) is 3. The maximum absolute atomic E-state index is 4.27. The number of anilines is 3. The molecule has 6 heteroatoms. The highest BCUT2D eigenvalue weighted by Gasteiger charge is 1.97. The first-order valence-electron chi connectivity index (χ1n) is 6.19. The van der Waals surface area contributed by atoms with Gasteiger partial charge in [0.15, 0.2) is 0 Å². The highest BCUT2D eigenvalue weighted by molar-refractivity contribution is 5.40. The molecule has 2 heterocycles. The quantitative estimate of drug-likeness (QED) is 0.685.